The molecule has 0 bridgehead atoms. The van der Waals surface area contributed by atoms with Gasteiger partial charge in [0, 0.05) is 22.9 Å². The molecule has 5 aromatic carbocycles. The zero-order valence-corrected chi connectivity index (χ0v) is 25.0. The standard InChI is InChI=1S/C39H34N2O4/c1-2-25-45-34-21-15-28(16-22-34)17-24-37(42)40-33-20-23-36(35(27-33)39(44)32-11-7-4-8-12-32)41-38(43)26-29-13-18-31(19-14-29)30-9-5-3-6-10-30/h3-24,27H,2,25-26H2,1H3,(H,40,42)(H,41,43)/b24-17+. The molecule has 0 atom stereocenters. The van der Waals surface area contributed by atoms with Crippen LogP contribution in [0.15, 0.2) is 133 Å². The molecule has 6 nitrogen and oxygen atoms in total. The molecule has 0 heterocycles. The molecular weight excluding hydrogens is 560 g/mol. The van der Waals surface area contributed by atoms with Crippen LogP contribution in [0.1, 0.15) is 40.4 Å². The minimum absolute atomic E-state index is 0.142. The largest absolute Gasteiger partial charge is 0.494 e. The molecule has 2 amide bonds. The normalized spacial score (nSPS) is 10.8. The molecule has 0 aliphatic rings. The molecule has 6 heteroatoms. The fourth-order valence-corrected chi connectivity index (χ4v) is 4.74. The number of anilines is 2. The summed E-state index contributed by atoms with van der Waals surface area (Å²) in [7, 11) is 0. The van der Waals surface area contributed by atoms with Crippen LogP contribution in [-0.4, -0.2) is 24.2 Å². The quantitative estimate of drug-likeness (QED) is 0.113. The minimum Gasteiger partial charge on any atom is -0.494 e. The monoisotopic (exact) mass is 594 g/mol. The molecule has 0 unspecified atom stereocenters. The number of ketones is 1. The Labute approximate surface area is 263 Å². The van der Waals surface area contributed by atoms with Gasteiger partial charge in [0.05, 0.1) is 18.7 Å². The lowest BCUT2D eigenvalue weighted by atomic mass is 10.00. The van der Waals surface area contributed by atoms with Crippen molar-refractivity contribution in [2.24, 2.45) is 0 Å². The summed E-state index contributed by atoms with van der Waals surface area (Å²) in [6.45, 7) is 2.70. The van der Waals surface area contributed by atoms with E-state index < -0.39 is 0 Å². The van der Waals surface area contributed by atoms with Crippen molar-refractivity contribution in [3.05, 3.63) is 156 Å². The molecule has 0 aliphatic carbocycles. The predicted octanol–water partition coefficient (Wildman–Crippen LogP) is 8.21. The van der Waals surface area contributed by atoms with E-state index in [2.05, 4.69) is 10.6 Å². The van der Waals surface area contributed by atoms with Gasteiger partial charge in [0.2, 0.25) is 11.8 Å². The minimum atomic E-state index is -0.352. The Morgan fingerprint density at radius 2 is 1.38 bits per heavy atom. The maximum absolute atomic E-state index is 13.5. The lowest BCUT2D eigenvalue weighted by Crippen LogP contribution is -2.18. The average Bonchev–Trinajstić information content (AvgIpc) is 3.08. The van der Waals surface area contributed by atoms with Gasteiger partial charge < -0.3 is 15.4 Å². The van der Waals surface area contributed by atoms with E-state index >= 15 is 0 Å². The lowest BCUT2D eigenvalue weighted by Gasteiger charge is -2.13. The highest BCUT2D eigenvalue weighted by atomic mass is 16.5. The number of carbonyl (C=O) groups is 3. The van der Waals surface area contributed by atoms with Crippen LogP contribution in [0.4, 0.5) is 11.4 Å². The third kappa shape index (κ3) is 8.65. The zero-order chi connectivity index (χ0) is 31.4. The molecule has 2 N–H and O–H groups in total. The van der Waals surface area contributed by atoms with Gasteiger partial charge in [-0.05, 0) is 65.1 Å². The number of hydrogen-bond donors (Lipinski definition) is 2. The van der Waals surface area contributed by atoms with Gasteiger partial charge in [-0.1, -0.05) is 104 Å². The number of ether oxygens (including phenoxy) is 1. The van der Waals surface area contributed by atoms with Gasteiger partial charge in [0.25, 0.3) is 0 Å². The van der Waals surface area contributed by atoms with E-state index in [0.29, 0.717) is 23.5 Å². The highest BCUT2D eigenvalue weighted by molar-refractivity contribution is 6.15. The first-order chi connectivity index (χ1) is 22.0. The Kier molecular flexibility index (Phi) is 10.3. The van der Waals surface area contributed by atoms with Gasteiger partial charge in [-0.2, -0.15) is 0 Å². The second kappa shape index (κ2) is 15.1. The Hall–Kier alpha value is -5.75. The Bertz CT molecular complexity index is 1780. The number of hydrogen-bond acceptors (Lipinski definition) is 4. The molecule has 5 aromatic rings. The highest BCUT2D eigenvalue weighted by Gasteiger charge is 2.17. The molecule has 5 rings (SSSR count). The third-order valence-corrected chi connectivity index (χ3v) is 7.05. The summed E-state index contributed by atoms with van der Waals surface area (Å²) < 4.78 is 5.60. The first-order valence-corrected chi connectivity index (χ1v) is 14.9. The summed E-state index contributed by atoms with van der Waals surface area (Å²) in [5.41, 5.74) is 5.42. The summed E-state index contributed by atoms with van der Waals surface area (Å²) in [6, 6.07) is 39.1. The Balaban J connectivity index is 1.29. The van der Waals surface area contributed by atoms with Crippen LogP contribution in [0.5, 0.6) is 5.75 Å². The van der Waals surface area contributed by atoms with E-state index in [1.54, 1.807) is 48.5 Å². The predicted molar refractivity (Wildman–Crippen MR) is 180 cm³/mol. The molecule has 45 heavy (non-hydrogen) atoms. The van der Waals surface area contributed by atoms with Crippen molar-refractivity contribution in [2.75, 3.05) is 17.2 Å². The number of carbonyl (C=O) groups excluding carboxylic acids is 3. The maximum atomic E-state index is 13.5. The first kappa shape index (κ1) is 30.7. The SMILES string of the molecule is CCCOc1ccc(/C=C/C(=O)Nc2ccc(NC(=O)Cc3ccc(-c4ccccc4)cc3)c(C(=O)c3ccccc3)c2)cc1. The van der Waals surface area contributed by atoms with Crippen molar-refractivity contribution < 1.29 is 19.1 Å². The zero-order valence-electron chi connectivity index (χ0n) is 25.0. The van der Waals surface area contributed by atoms with E-state index in [9.17, 15) is 14.4 Å². The Morgan fingerprint density at radius 3 is 2.07 bits per heavy atom. The van der Waals surface area contributed by atoms with Crippen LogP contribution in [0.25, 0.3) is 17.2 Å². The average molecular weight is 595 g/mol. The maximum Gasteiger partial charge on any atom is 0.248 e. The second-order valence-corrected chi connectivity index (χ2v) is 10.5. The van der Waals surface area contributed by atoms with E-state index in [4.69, 9.17) is 4.74 Å². The number of rotatable bonds is 12. The molecule has 0 spiro atoms. The molecule has 0 radical (unpaired) electrons. The smallest absolute Gasteiger partial charge is 0.248 e. The van der Waals surface area contributed by atoms with Crippen LogP contribution < -0.4 is 15.4 Å². The van der Waals surface area contributed by atoms with Gasteiger partial charge >= 0.3 is 0 Å². The van der Waals surface area contributed by atoms with Gasteiger partial charge in [-0.25, -0.2) is 0 Å². The van der Waals surface area contributed by atoms with Crippen molar-refractivity contribution in [2.45, 2.75) is 19.8 Å². The summed E-state index contributed by atoms with van der Waals surface area (Å²) in [5, 5.41) is 5.73. The van der Waals surface area contributed by atoms with Gasteiger partial charge in [-0.3, -0.25) is 14.4 Å². The number of benzene rings is 5. The van der Waals surface area contributed by atoms with Crippen LogP contribution in [0.2, 0.25) is 0 Å². The summed E-state index contributed by atoms with van der Waals surface area (Å²) in [5.74, 6) is -0.0945. The molecule has 0 fully saturated rings. The van der Waals surface area contributed by atoms with E-state index in [-0.39, 0.29) is 29.6 Å². The van der Waals surface area contributed by atoms with Crippen molar-refractivity contribution in [3.8, 4) is 16.9 Å². The van der Waals surface area contributed by atoms with E-state index in [0.717, 1.165) is 34.4 Å². The van der Waals surface area contributed by atoms with Crippen molar-refractivity contribution in [1.82, 2.24) is 0 Å². The fraction of sp³-hybridized carbons (Fsp3) is 0.103. The molecule has 0 saturated heterocycles. The van der Waals surface area contributed by atoms with Crippen LogP contribution in [0, 0.1) is 0 Å². The van der Waals surface area contributed by atoms with Crippen LogP contribution in [0.3, 0.4) is 0 Å². The van der Waals surface area contributed by atoms with E-state index in [1.807, 2.05) is 91.9 Å². The fourth-order valence-electron chi connectivity index (χ4n) is 4.74. The Morgan fingerprint density at radius 1 is 0.711 bits per heavy atom. The summed E-state index contributed by atoms with van der Waals surface area (Å²) >= 11 is 0. The second-order valence-electron chi connectivity index (χ2n) is 10.5. The molecule has 0 saturated carbocycles. The molecule has 0 aliphatic heterocycles. The third-order valence-electron chi connectivity index (χ3n) is 7.05. The first-order valence-electron chi connectivity index (χ1n) is 14.9. The molecular formula is C39H34N2O4. The summed E-state index contributed by atoms with van der Waals surface area (Å²) in [6.07, 6.45) is 4.20. The topological polar surface area (TPSA) is 84.5 Å². The van der Waals surface area contributed by atoms with Crippen LogP contribution in [-0.2, 0) is 16.0 Å². The number of nitrogens with one attached hydrogen (secondary N) is 2. The molecule has 0 aromatic heterocycles. The van der Waals surface area contributed by atoms with E-state index in [1.165, 1.54) is 6.08 Å². The van der Waals surface area contributed by atoms with Gasteiger partial charge in [0.1, 0.15) is 5.75 Å². The van der Waals surface area contributed by atoms with Gasteiger partial charge in [0.15, 0.2) is 5.78 Å². The number of amides is 2. The molecule has 224 valence electrons. The van der Waals surface area contributed by atoms with Crippen molar-refractivity contribution in [1.29, 1.82) is 0 Å². The van der Waals surface area contributed by atoms with Crippen LogP contribution >= 0.6 is 0 Å². The lowest BCUT2D eigenvalue weighted by molar-refractivity contribution is -0.115. The highest BCUT2D eigenvalue weighted by Crippen LogP contribution is 2.25. The van der Waals surface area contributed by atoms with Crippen molar-refractivity contribution in [3.63, 3.8) is 0 Å². The van der Waals surface area contributed by atoms with Gasteiger partial charge in [-0.15, -0.1) is 0 Å². The van der Waals surface area contributed by atoms with Crippen molar-refractivity contribution >= 4 is 35.0 Å². The summed E-state index contributed by atoms with van der Waals surface area (Å²) in [4.78, 5) is 39.4.